The number of hydrogen-bond donors (Lipinski definition) is 1. The van der Waals surface area contributed by atoms with Crippen molar-refractivity contribution >= 4 is 38.4 Å². The van der Waals surface area contributed by atoms with E-state index < -0.39 is 5.79 Å². The monoisotopic (exact) mass is 475 g/mol. The van der Waals surface area contributed by atoms with Gasteiger partial charge in [0.15, 0.2) is 5.79 Å². The number of fused-ring (bicyclic) bond motifs is 4. The van der Waals surface area contributed by atoms with Gasteiger partial charge in [-0.15, -0.1) is 11.3 Å². The normalized spacial score (nSPS) is 31.9. The Bertz CT molecular complexity index is 1390. The summed E-state index contributed by atoms with van der Waals surface area (Å²) in [6, 6.07) is 8.93. The molecule has 7 rings (SSSR count). The van der Waals surface area contributed by atoms with E-state index in [-0.39, 0.29) is 23.7 Å². The maximum absolute atomic E-state index is 6.54. The van der Waals surface area contributed by atoms with Gasteiger partial charge >= 0.3 is 0 Å². The van der Waals surface area contributed by atoms with E-state index in [2.05, 4.69) is 43.9 Å². The fraction of sp³-hybridized carbons (Fsp3) is 0.500. The zero-order valence-corrected chi connectivity index (χ0v) is 20.3. The summed E-state index contributed by atoms with van der Waals surface area (Å²) in [5.74, 6) is 0.681. The lowest BCUT2D eigenvalue weighted by Gasteiger charge is -2.49. The minimum atomic E-state index is -0.563. The highest BCUT2D eigenvalue weighted by Crippen LogP contribution is 2.64. The van der Waals surface area contributed by atoms with E-state index in [1.807, 2.05) is 25.4 Å². The zero-order chi connectivity index (χ0) is 23.1. The van der Waals surface area contributed by atoms with Gasteiger partial charge in [-0.3, -0.25) is 0 Å². The Balaban J connectivity index is 1.11. The van der Waals surface area contributed by atoms with E-state index >= 15 is 0 Å². The fourth-order valence-corrected chi connectivity index (χ4v) is 7.49. The summed E-state index contributed by atoms with van der Waals surface area (Å²) in [6.45, 7) is 4.07. The van der Waals surface area contributed by atoms with Gasteiger partial charge in [-0.25, -0.2) is 15.0 Å². The second kappa shape index (κ2) is 7.23. The van der Waals surface area contributed by atoms with E-state index in [0.717, 1.165) is 35.3 Å². The molecule has 0 unspecified atom stereocenters. The molecule has 7 nitrogen and oxygen atoms in total. The third kappa shape index (κ3) is 3.12. The van der Waals surface area contributed by atoms with Crippen LogP contribution in [0.5, 0.6) is 0 Å². The molecule has 3 aliphatic rings. The first-order valence-corrected chi connectivity index (χ1v) is 13.0. The SMILES string of the molecule is CC1(C)O[C@H]2[C@H](n3ccc4c(N)ncnc43)CC3(CC(CCc4ccc5scnc5c4)C3)[C@H]2O1. The van der Waals surface area contributed by atoms with Gasteiger partial charge in [-0.05, 0) is 75.6 Å². The number of aromatic nitrogens is 4. The van der Waals surface area contributed by atoms with Crippen molar-refractivity contribution < 1.29 is 9.47 Å². The lowest BCUT2D eigenvalue weighted by Crippen LogP contribution is -2.46. The Morgan fingerprint density at radius 2 is 2.00 bits per heavy atom. The highest BCUT2D eigenvalue weighted by molar-refractivity contribution is 7.16. The summed E-state index contributed by atoms with van der Waals surface area (Å²) in [4.78, 5) is 13.2. The van der Waals surface area contributed by atoms with Gasteiger partial charge in [0, 0.05) is 11.6 Å². The molecule has 3 atom stereocenters. The summed E-state index contributed by atoms with van der Waals surface area (Å²) in [5.41, 5.74) is 11.6. The van der Waals surface area contributed by atoms with Crippen LogP contribution >= 0.6 is 11.3 Å². The van der Waals surface area contributed by atoms with Crippen molar-refractivity contribution in [2.75, 3.05) is 5.73 Å². The number of hydrogen-bond acceptors (Lipinski definition) is 7. The first-order chi connectivity index (χ1) is 16.4. The van der Waals surface area contributed by atoms with Gasteiger partial charge in [-0.2, -0.15) is 0 Å². The lowest BCUT2D eigenvalue weighted by molar-refractivity contribution is -0.182. The molecule has 0 bridgehead atoms. The van der Waals surface area contributed by atoms with Gasteiger partial charge in [0.25, 0.3) is 0 Å². The molecule has 176 valence electrons. The maximum Gasteiger partial charge on any atom is 0.163 e. The number of nitrogen functional groups attached to an aromatic ring is 1. The number of ether oxygens (including phenoxy) is 2. The van der Waals surface area contributed by atoms with Crippen LogP contribution in [0.25, 0.3) is 21.3 Å². The minimum absolute atomic E-state index is 0.0230. The second-order valence-corrected chi connectivity index (χ2v) is 11.7. The molecule has 2 N–H and O–H groups in total. The van der Waals surface area contributed by atoms with Crippen LogP contribution in [-0.4, -0.2) is 37.5 Å². The third-order valence-electron chi connectivity index (χ3n) is 8.25. The van der Waals surface area contributed by atoms with E-state index in [1.165, 1.54) is 29.5 Å². The van der Waals surface area contributed by atoms with Gasteiger partial charge in [0.2, 0.25) is 0 Å². The number of benzene rings is 1. The Kier molecular flexibility index (Phi) is 4.42. The highest BCUT2D eigenvalue weighted by atomic mass is 32.1. The smallest absolute Gasteiger partial charge is 0.163 e. The van der Waals surface area contributed by atoms with Crippen LogP contribution in [0, 0.1) is 11.3 Å². The molecule has 1 spiro atoms. The Morgan fingerprint density at radius 3 is 2.88 bits per heavy atom. The van der Waals surface area contributed by atoms with Gasteiger partial charge < -0.3 is 19.8 Å². The van der Waals surface area contributed by atoms with Crippen LogP contribution in [0.2, 0.25) is 0 Å². The maximum atomic E-state index is 6.54. The fourth-order valence-electron chi connectivity index (χ4n) is 6.83. The summed E-state index contributed by atoms with van der Waals surface area (Å²) in [7, 11) is 0. The Hall–Kier alpha value is -2.55. The van der Waals surface area contributed by atoms with Crippen molar-refractivity contribution in [3.05, 3.63) is 47.9 Å². The van der Waals surface area contributed by atoms with Crippen molar-refractivity contribution in [1.29, 1.82) is 0 Å². The number of nitrogens with zero attached hydrogens (tertiary/aromatic N) is 4. The molecule has 3 aromatic heterocycles. The van der Waals surface area contributed by atoms with Crippen molar-refractivity contribution in [2.24, 2.45) is 11.3 Å². The second-order valence-electron chi connectivity index (χ2n) is 10.8. The quantitative estimate of drug-likeness (QED) is 0.441. The molecule has 1 aromatic carbocycles. The Morgan fingerprint density at radius 1 is 1.12 bits per heavy atom. The molecule has 4 heterocycles. The number of aryl methyl sites for hydroxylation is 1. The van der Waals surface area contributed by atoms with Crippen molar-refractivity contribution in [3.63, 3.8) is 0 Å². The number of rotatable bonds is 4. The van der Waals surface area contributed by atoms with Crippen LogP contribution in [0.1, 0.15) is 51.1 Å². The van der Waals surface area contributed by atoms with Crippen LogP contribution in [0.3, 0.4) is 0 Å². The predicted octanol–water partition coefficient (Wildman–Crippen LogP) is 5.12. The molecular weight excluding hydrogens is 446 g/mol. The average Bonchev–Trinajstić information content (AvgIpc) is 3.53. The molecule has 2 aliphatic carbocycles. The number of thiazole rings is 1. The van der Waals surface area contributed by atoms with Gasteiger partial charge in [-0.1, -0.05) is 6.07 Å². The molecule has 0 amide bonds. The summed E-state index contributed by atoms with van der Waals surface area (Å²) in [5, 5.41) is 0.904. The molecule has 8 heteroatoms. The predicted molar refractivity (Wildman–Crippen MR) is 133 cm³/mol. The molecule has 34 heavy (non-hydrogen) atoms. The van der Waals surface area contributed by atoms with Crippen LogP contribution in [0.4, 0.5) is 5.82 Å². The molecule has 4 aromatic rings. The highest BCUT2D eigenvalue weighted by Gasteiger charge is 2.65. The number of anilines is 1. The topological polar surface area (TPSA) is 88.1 Å². The first kappa shape index (κ1) is 20.8. The zero-order valence-electron chi connectivity index (χ0n) is 19.5. The van der Waals surface area contributed by atoms with Crippen molar-refractivity contribution in [3.8, 4) is 0 Å². The van der Waals surface area contributed by atoms with Gasteiger partial charge in [0.05, 0.1) is 33.3 Å². The van der Waals surface area contributed by atoms with E-state index in [0.29, 0.717) is 5.82 Å². The van der Waals surface area contributed by atoms with Crippen LogP contribution < -0.4 is 5.73 Å². The van der Waals surface area contributed by atoms with Crippen molar-refractivity contribution in [2.45, 2.75) is 70.0 Å². The molecule has 0 radical (unpaired) electrons. The molecule has 3 fully saturated rings. The third-order valence-corrected chi connectivity index (χ3v) is 9.06. The van der Waals surface area contributed by atoms with Crippen LogP contribution in [-0.2, 0) is 15.9 Å². The van der Waals surface area contributed by atoms with Crippen LogP contribution in [0.15, 0.2) is 42.3 Å². The lowest BCUT2D eigenvalue weighted by atomic mass is 9.58. The Labute approximate surface area is 202 Å². The molecule has 2 saturated carbocycles. The van der Waals surface area contributed by atoms with E-state index in [4.69, 9.17) is 15.2 Å². The van der Waals surface area contributed by atoms with E-state index in [9.17, 15) is 0 Å². The minimum Gasteiger partial charge on any atom is -0.383 e. The summed E-state index contributed by atoms with van der Waals surface area (Å²) < 4.78 is 16.6. The first-order valence-electron chi connectivity index (χ1n) is 12.2. The van der Waals surface area contributed by atoms with Crippen molar-refractivity contribution in [1.82, 2.24) is 19.5 Å². The number of nitrogens with two attached hydrogens (primary N) is 1. The average molecular weight is 476 g/mol. The molecule has 1 aliphatic heterocycles. The van der Waals surface area contributed by atoms with E-state index in [1.54, 1.807) is 17.7 Å². The molecular formula is C26H29N5O2S. The summed E-state index contributed by atoms with van der Waals surface area (Å²) >= 11 is 1.70. The standard InChI is InChI=1S/C26H29N5O2S/c1-25(2)32-21-19(31-8-7-17-23(27)28-13-29-24(17)31)12-26(22(21)33-25)10-16(11-26)4-3-15-5-6-20-18(9-15)30-14-34-20/h5-9,13-14,16,19,21-22H,3-4,10-12H2,1-2H3,(H2,27,28,29)/t16?,19-,21+,22+,26?/m1/s1. The molecule has 1 saturated heterocycles. The largest absolute Gasteiger partial charge is 0.383 e. The van der Waals surface area contributed by atoms with Gasteiger partial charge in [0.1, 0.15) is 23.9 Å². The summed E-state index contributed by atoms with van der Waals surface area (Å²) in [6.07, 6.45) is 9.53.